The third kappa shape index (κ3) is 4.21. The average Bonchev–Trinajstić information content (AvgIpc) is 1.77. The summed E-state index contributed by atoms with van der Waals surface area (Å²) in [4.78, 5) is 0. The third-order valence-corrected chi connectivity index (χ3v) is 2.38. The third-order valence-electron chi connectivity index (χ3n) is 0.996. The molecule has 0 spiro atoms. The van der Waals surface area contributed by atoms with E-state index in [1.54, 1.807) is 0 Å². The summed E-state index contributed by atoms with van der Waals surface area (Å²) in [5, 5.41) is 2.50. The summed E-state index contributed by atoms with van der Waals surface area (Å²) < 4.78 is 0. The Kier molecular flexibility index (Phi) is 9.62. The fourth-order valence-electron chi connectivity index (χ4n) is 0.511. The van der Waals surface area contributed by atoms with E-state index in [0.29, 0.717) is 0 Å². The van der Waals surface area contributed by atoms with Gasteiger partial charge in [0, 0.05) is 0 Å². The van der Waals surface area contributed by atoms with Gasteiger partial charge in [-0.3, -0.25) is 0 Å². The van der Waals surface area contributed by atoms with Crippen LogP contribution in [0.5, 0.6) is 0 Å². The van der Waals surface area contributed by atoms with Crippen LogP contribution in [0.3, 0.4) is 0 Å². The van der Waals surface area contributed by atoms with Crippen LogP contribution in [-0.4, -0.2) is 0 Å². The molecule has 0 amide bonds. The molecule has 2 unspecified atom stereocenters. The molecule has 0 aromatic heterocycles. The molecule has 2 atom stereocenters. The monoisotopic (exact) mass is 158 g/mol. The van der Waals surface area contributed by atoms with Gasteiger partial charge in [0.2, 0.25) is 0 Å². The van der Waals surface area contributed by atoms with Crippen molar-refractivity contribution in [2.45, 2.75) is 0 Å². The molecule has 1 aromatic rings. The zero-order chi connectivity index (χ0) is 5.98. The maximum absolute atomic E-state index is 2.67. The zero-order valence-corrected chi connectivity index (χ0v) is 8.77. The molecule has 1 rings (SSSR count). The molecule has 10 heavy (non-hydrogen) atoms. The van der Waals surface area contributed by atoms with Gasteiger partial charge in [-0.15, -0.1) is 18.5 Å². The van der Waals surface area contributed by atoms with Gasteiger partial charge in [0.05, 0.1) is 0 Å². The summed E-state index contributed by atoms with van der Waals surface area (Å²) in [5.41, 5.74) is 0. The molecule has 0 nitrogen and oxygen atoms in total. The fourth-order valence-corrected chi connectivity index (χ4v) is 0.926. The Morgan fingerprint density at radius 1 is 0.900 bits per heavy atom. The van der Waals surface area contributed by atoms with E-state index in [-0.39, 0.29) is 40.6 Å². The molecule has 0 saturated carbocycles. The standard InChI is InChI=1S/C6H8P2.2Li.2H/c7-5-3-1-2-4-6(5)8;;;;/h1-4H,7-8H2;;;;/q;2*+1;2*-1. The summed E-state index contributed by atoms with van der Waals surface area (Å²) in [5.74, 6) is 0. The van der Waals surface area contributed by atoms with Gasteiger partial charge in [-0.05, 0) is 10.6 Å². The van der Waals surface area contributed by atoms with E-state index in [2.05, 4.69) is 30.6 Å². The summed E-state index contributed by atoms with van der Waals surface area (Å²) >= 11 is 0. The van der Waals surface area contributed by atoms with Gasteiger partial charge < -0.3 is 2.85 Å². The second-order valence-corrected chi connectivity index (χ2v) is 2.87. The van der Waals surface area contributed by atoms with E-state index in [9.17, 15) is 0 Å². The van der Waals surface area contributed by atoms with Crippen LogP contribution in [0.2, 0.25) is 0 Å². The van der Waals surface area contributed by atoms with Crippen LogP contribution >= 0.6 is 18.5 Å². The van der Waals surface area contributed by atoms with E-state index in [4.69, 9.17) is 0 Å². The Labute approximate surface area is 93.7 Å². The summed E-state index contributed by atoms with van der Waals surface area (Å²) in [6.45, 7) is 0. The van der Waals surface area contributed by atoms with Crippen LogP contribution in [0.4, 0.5) is 0 Å². The van der Waals surface area contributed by atoms with Crippen molar-refractivity contribution in [2.24, 2.45) is 0 Å². The molecule has 1 aromatic carbocycles. The van der Waals surface area contributed by atoms with E-state index < -0.39 is 0 Å². The average molecular weight is 158 g/mol. The van der Waals surface area contributed by atoms with E-state index in [0.717, 1.165) is 0 Å². The Morgan fingerprint density at radius 3 is 1.40 bits per heavy atom. The predicted octanol–water partition coefficient (Wildman–Crippen LogP) is -5.08. The maximum Gasteiger partial charge on any atom is 1.00 e. The van der Waals surface area contributed by atoms with Crippen molar-refractivity contribution in [3.05, 3.63) is 24.3 Å². The molecule has 0 aliphatic rings. The van der Waals surface area contributed by atoms with Crippen LogP contribution in [0.25, 0.3) is 0 Å². The van der Waals surface area contributed by atoms with Crippen molar-refractivity contribution in [1.82, 2.24) is 0 Å². The van der Waals surface area contributed by atoms with Crippen LogP contribution in [0, 0.1) is 0 Å². The van der Waals surface area contributed by atoms with Gasteiger partial charge in [-0.2, -0.15) is 0 Å². The van der Waals surface area contributed by atoms with Gasteiger partial charge in [-0.1, -0.05) is 24.3 Å². The Hall–Kier alpha value is 1.27. The first kappa shape index (κ1) is 13.8. The summed E-state index contributed by atoms with van der Waals surface area (Å²) in [7, 11) is 5.33. The largest absolute Gasteiger partial charge is 1.00 e. The Balaban J connectivity index is -0.0000000800. The van der Waals surface area contributed by atoms with Crippen molar-refractivity contribution < 1.29 is 40.6 Å². The Bertz CT molecular complexity index is 178. The molecule has 46 valence electrons. The van der Waals surface area contributed by atoms with Gasteiger partial charge in [0.1, 0.15) is 0 Å². The fraction of sp³-hybridized carbons (Fsp3) is 0. The summed E-state index contributed by atoms with van der Waals surface area (Å²) in [6, 6.07) is 8.17. The predicted molar refractivity (Wildman–Crippen MR) is 47.4 cm³/mol. The molecule has 0 aliphatic heterocycles. The van der Waals surface area contributed by atoms with Crippen molar-refractivity contribution in [3.63, 3.8) is 0 Å². The molecule has 0 aliphatic carbocycles. The van der Waals surface area contributed by atoms with Gasteiger partial charge >= 0.3 is 37.7 Å². The van der Waals surface area contributed by atoms with Crippen molar-refractivity contribution in [1.29, 1.82) is 0 Å². The number of hydrogen-bond donors (Lipinski definition) is 0. The second-order valence-electron chi connectivity index (χ2n) is 1.63. The van der Waals surface area contributed by atoms with Crippen LogP contribution in [0.15, 0.2) is 24.3 Å². The van der Waals surface area contributed by atoms with Crippen molar-refractivity contribution >= 4 is 29.1 Å². The summed E-state index contributed by atoms with van der Waals surface area (Å²) in [6.07, 6.45) is 0. The first-order valence-electron chi connectivity index (χ1n) is 2.40. The smallest absolute Gasteiger partial charge is 1.00 e. The topological polar surface area (TPSA) is 0 Å². The number of rotatable bonds is 0. The zero-order valence-electron chi connectivity index (χ0n) is 8.46. The molecule has 0 radical (unpaired) electrons. The molecule has 0 fully saturated rings. The van der Waals surface area contributed by atoms with Crippen molar-refractivity contribution in [2.75, 3.05) is 0 Å². The minimum absolute atomic E-state index is 0. The van der Waals surface area contributed by atoms with Crippen molar-refractivity contribution in [3.8, 4) is 0 Å². The molecule has 4 heteroatoms. The van der Waals surface area contributed by atoms with E-state index in [1.807, 2.05) is 12.1 Å². The van der Waals surface area contributed by atoms with Gasteiger partial charge in [0.25, 0.3) is 0 Å². The van der Waals surface area contributed by atoms with Gasteiger partial charge in [0.15, 0.2) is 0 Å². The molecular formula is C6H10Li2P2. The Morgan fingerprint density at radius 2 is 1.20 bits per heavy atom. The quantitative estimate of drug-likeness (QED) is 0.262. The van der Waals surface area contributed by atoms with Crippen LogP contribution < -0.4 is 48.3 Å². The van der Waals surface area contributed by atoms with Crippen LogP contribution in [0.1, 0.15) is 2.85 Å². The van der Waals surface area contributed by atoms with Gasteiger partial charge in [-0.25, -0.2) is 0 Å². The normalized spacial score (nSPS) is 7.40. The van der Waals surface area contributed by atoms with Crippen LogP contribution in [-0.2, 0) is 0 Å². The molecule has 0 saturated heterocycles. The minimum Gasteiger partial charge on any atom is -1.00 e. The second kappa shape index (κ2) is 6.95. The molecule has 0 N–H and O–H groups in total. The first-order valence-corrected chi connectivity index (χ1v) is 3.56. The SMILES string of the molecule is Pc1ccccc1P.[H-].[H-].[Li+].[Li+]. The minimum atomic E-state index is 0. The first-order chi connectivity index (χ1) is 3.80. The molecule has 0 heterocycles. The van der Waals surface area contributed by atoms with E-state index >= 15 is 0 Å². The molecular weight excluding hydrogens is 148 g/mol. The van der Waals surface area contributed by atoms with E-state index in [1.165, 1.54) is 10.6 Å². The number of benzene rings is 1. The maximum atomic E-state index is 2.67. The number of hydrogen-bond acceptors (Lipinski definition) is 0. The molecule has 0 bridgehead atoms.